The molecule has 2 aliphatic rings. The van der Waals surface area contributed by atoms with Gasteiger partial charge in [0.1, 0.15) is 0 Å². The minimum Gasteiger partial charge on any atom is -0.371 e. The Labute approximate surface area is 158 Å². The lowest BCUT2D eigenvalue weighted by atomic mass is 10.0. The van der Waals surface area contributed by atoms with Crippen molar-refractivity contribution < 1.29 is 4.79 Å². The number of likely N-dealkylation sites (tertiary alicyclic amines) is 1. The molecule has 144 valence electrons. The van der Waals surface area contributed by atoms with E-state index in [-0.39, 0.29) is 6.03 Å². The molecule has 26 heavy (non-hydrogen) atoms. The van der Waals surface area contributed by atoms with Crippen molar-refractivity contribution in [2.45, 2.75) is 39.2 Å². The summed E-state index contributed by atoms with van der Waals surface area (Å²) in [5.41, 5.74) is 1.28. The molecule has 0 saturated carbocycles. The van der Waals surface area contributed by atoms with E-state index in [0.717, 1.165) is 52.0 Å². The second-order valence-electron chi connectivity index (χ2n) is 8.26. The van der Waals surface area contributed by atoms with Crippen LogP contribution >= 0.6 is 0 Å². The number of carbonyl (C=O) groups excluding carboxylic acids is 1. The molecule has 2 amide bonds. The van der Waals surface area contributed by atoms with E-state index in [1.165, 1.54) is 12.2 Å². The van der Waals surface area contributed by atoms with Gasteiger partial charge in [-0.15, -0.1) is 0 Å². The highest BCUT2D eigenvalue weighted by Crippen LogP contribution is 2.22. The maximum absolute atomic E-state index is 12.2. The predicted octanol–water partition coefficient (Wildman–Crippen LogP) is 2.93. The van der Waals surface area contributed by atoms with Crippen LogP contribution in [0.4, 0.5) is 10.5 Å². The summed E-state index contributed by atoms with van der Waals surface area (Å²) in [6.07, 6.45) is 3.26. The van der Waals surface area contributed by atoms with Gasteiger partial charge in [-0.1, -0.05) is 32.0 Å². The SMILES string of the molecule is CC(C)CN1CCC(NC(=O)NC[C@H]2CCN(c3ccccc3)C2)CC1. The maximum Gasteiger partial charge on any atom is 0.315 e. The smallest absolute Gasteiger partial charge is 0.315 e. The van der Waals surface area contributed by atoms with E-state index in [9.17, 15) is 4.79 Å². The summed E-state index contributed by atoms with van der Waals surface area (Å²) in [6, 6.07) is 10.9. The van der Waals surface area contributed by atoms with E-state index >= 15 is 0 Å². The fourth-order valence-corrected chi connectivity index (χ4v) is 4.12. The van der Waals surface area contributed by atoms with Gasteiger partial charge in [0.25, 0.3) is 0 Å². The quantitative estimate of drug-likeness (QED) is 0.822. The molecule has 2 aliphatic heterocycles. The van der Waals surface area contributed by atoms with Gasteiger partial charge in [0.2, 0.25) is 0 Å². The molecule has 3 rings (SSSR count). The molecule has 0 unspecified atom stereocenters. The zero-order chi connectivity index (χ0) is 18.4. The number of nitrogens with zero attached hydrogens (tertiary/aromatic N) is 2. The third-order valence-corrected chi connectivity index (χ3v) is 5.50. The standard InChI is InChI=1S/C21H34N4O/c1-17(2)15-24-11-9-19(10-12-24)23-21(26)22-14-18-8-13-25(16-18)20-6-4-3-5-7-20/h3-7,17-19H,8-16H2,1-2H3,(H2,22,23,26)/t18-/m1/s1. The molecule has 2 saturated heterocycles. The Hall–Kier alpha value is -1.75. The third-order valence-electron chi connectivity index (χ3n) is 5.50. The van der Waals surface area contributed by atoms with Crippen molar-refractivity contribution in [3.63, 3.8) is 0 Å². The van der Waals surface area contributed by atoms with Crippen LogP contribution in [0, 0.1) is 11.8 Å². The largest absolute Gasteiger partial charge is 0.371 e. The molecule has 5 heteroatoms. The van der Waals surface area contributed by atoms with Crippen LogP contribution in [0.5, 0.6) is 0 Å². The van der Waals surface area contributed by atoms with Gasteiger partial charge in [-0.3, -0.25) is 0 Å². The van der Waals surface area contributed by atoms with Gasteiger partial charge in [-0.05, 0) is 43.2 Å². The topological polar surface area (TPSA) is 47.6 Å². The number of para-hydroxylation sites is 1. The van der Waals surface area contributed by atoms with Crippen molar-refractivity contribution in [1.82, 2.24) is 15.5 Å². The molecule has 2 N–H and O–H groups in total. The van der Waals surface area contributed by atoms with E-state index in [1.54, 1.807) is 0 Å². The number of hydrogen-bond donors (Lipinski definition) is 2. The summed E-state index contributed by atoms with van der Waals surface area (Å²) in [5.74, 6) is 1.25. The van der Waals surface area contributed by atoms with Crippen molar-refractivity contribution in [2.75, 3.05) is 44.2 Å². The number of carbonyl (C=O) groups is 1. The van der Waals surface area contributed by atoms with Crippen LogP contribution in [-0.4, -0.2) is 56.2 Å². The first-order valence-electron chi connectivity index (χ1n) is 10.2. The Bertz CT molecular complexity index is 554. The lowest BCUT2D eigenvalue weighted by Crippen LogP contribution is -2.49. The Morgan fingerprint density at radius 1 is 1.12 bits per heavy atom. The Kier molecular flexibility index (Phi) is 6.78. The zero-order valence-electron chi connectivity index (χ0n) is 16.3. The molecular formula is C21H34N4O. The summed E-state index contributed by atoms with van der Waals surface area (Å²) < 4.78 is 0. The minimum atomic E-state index is 0.00507. The zero-order valence-corrected chi connectivity index (χ0v) is 16.3. The predicted molar refractivity (Wildman–Crippen MR) is 108 cm³/mol. The monoisotopic (exact) mass is 358 g/mol. The van der Waals surface area contributed by atoms with E-state index < -0.39 is 0 Å². The number of urea groups is 1. The molecular weight excluding hydrogens is 324 g/mol. The van der Waals surface area contributed by atoms with Crippen molar-refractivity contribution in [1.29, 1.82) is 0 Å². The van der Waals surface area contributed by atoms with Crippen molar-refractivity contribution in [3.8, 4) is 0 Å². The molecule has 2 fully saturated rings. The fraction of sp³-hybridized carbons (Fsp3) is 0.667. The average Bonchev–Trinajstić information content (AvgIpc) is 3.11. The van der Waals surface area contributed by atoms with Gasteiger partial charge in [-0.2, -0.15) is 0 Å². The van der Waals surface area contributed by atoms with E-state index in [1.807, 2.05) is 0 Å². The molecule has 0 aliphatic carbocycles. The number of rotatable bonds is 6. The average molecular weight is 359 g/mol. The minimum absolute atomic E-state index is 0.00507. The van der Waals surface area contributed by atoms with Crippen LogP contribution in [0.25, 0.3) is 0 Å². The maximum atomic E-state index is 12.2. The number of piperidine rings is 1. The van der Waals surface area contributed by atoms with Gasteiger partial charge in [-0.25, -0.2) is 4.79 Å². The van der Waals surface area contributed by atoms with Crippen LogP contribution in [0.3, 0.4) is 0 Å². The molecule has 1 atom stereocenters. The summed E-state index contributed by atoms with van der Waals surface area (Å²) in [6.45, 7) is 10.7. The number of nitrogens with one attached hydrogen (secondary N) is 2. The molecule has 0 radical (unpaired) electrons. The van der Waals surface area contributed by atoms with Crippen LogP contribution in [0.15, 0.2) is 30.3 Å². The van der Waals surface area contributed by atoms with Crippen LogP contribution < -0.4 is 15.5 Å². The van der Waals surface area contributed by atoms with Crippen LogP contribution in [0.1, 0.15) is 33.1 Å². The molecule has 1 aromatic rings. The molecule has 5 nitrogen and oxygen atoms in total. The number of amides is 2. The molecule has 0 aromatic heterocycles. The van der Waals surface area contributed by atoms with Crippen molar-refractivity contribution in [3.05, 3.63) is 30.3 Å². The third kappa shape index (κ3) is 5.63. The highest BCUT2D eigenvalue weighted by atomic mass is 16.2. The number of benzene rings is 1. The summed E-state index contributed by atoms with van der Waals surface area (Å²) in [4.78, 5) is 17.2. The Morgan fingerprint density at radius 3 is 2.54 bits per heavy atom. The van der Waals surface area contributed by atoms with Gasteiger partial charge < -0.3 is 20.4 Å². The Balaban J connectivity index is 1.33. The first kappa shape index (κ1) is 19.0. The highest BCUT2D eigenvalue weighted by molar-refractivity contribution is 5.74. The highest BCUT2D eigenvalue weighted by Gasteiger charge is 2.24. The van der Waals surface area contributed by atoms with E-state index in [4.69, 9.17) is 0 Å². The van der Waals surface area contributed by atoms with E-state index in [0.29, 0.717) is 17.9 Å². The fourth-order valence-electron chi connectivity index (χ4n) is 4.12. The molecule has 0 spiro atoms. The molecule has 0 bridgehead atoms. The second-order valence-corrected chi connectivity index (χ2v) is 8.26. The summed E-state index contributed by atoms with van der Waals surface area (Å²) in [7, 11) is 0. The van der Waals surface area contributed by atoms with Crippen LogP contribution in [-0.2, 0) is 0 Å². The van der Waals surface area contributed by atoms with Gasteiger partial charge >= 0.3 is 6.03 Å². The lowest BCUT2D eigenvalue weighted by molar-refractivity contribution is 0.177. The van der Waals surface area contributed by atoms with Gasteiger partial charge in [0.15, 0.2) is 0 Å². The second kappa shape index (κ2) is 9.26. The molecule has 1 aromatic carbocycles. The normalized spacial score (nSPS) is 22.0. The number of anilines is 1. The van der Waals surface area contributed by atoms with Gasteiger partial charge in [0.05, 0.1) is 0 Å². The van der Waals surface area contributed by atoms with Crippen molar-refractivity contribution >= 4 is 11.7 Å². The Morgan fingerprint density at radius 2 is 1.85 bits per heavy atom. The van der Waals surface area contributed by atoms with Gasteiger partial charge in [0, 0.05) is 51.0 Å². The summed E-state index contributed by atoms with van der Waals surface area (Å²) in [5, 5.41) is 6.27. The van der Waals surface area contributed by atoms with E-state index in [2.05, 4.69) is 64.6 Å². The van der Waals surface area contributed by atoms with Crippen LogP contribution in [0.2, 0.25) is 0 Å². The first-order chi connectivity index (χ1) is 12.6. The first-order valence-corrected chi connectivity index (χ1v) is 10.2. The summed E-state index contributed by atoms with van der Waals surface area (Å²) >= 11 is 0. The van der Waals surface area contributed by atoms with Crippen molar-refractivity contribution in [2.24, 2.45) is 11.8 Å². The number of hydrogen-bond acceptors (Lipinski definition) is 3. The lowest BCUT2D eigenvalue weighted by Gasteiger charge is -2.33. The molecule has 2 heterocycles.